The van der Waals surface area contributed by atoms with Gasteiger partial charge < -0.3 is 15.7 Å². The smallest absolute Gasteiger partial charge is 0.256 e. The number of aromatic nitrogens is 2. The fraction of sp³-hybridized carbons (Fsp3) is 0.105. The number of carbonyl (C=O) groups is 1. The number of anilines is 1. The van der Waals surface area contributed by atoms with Crippen molar-refractivity contribution in [2.45, 2.75) is 0 Å². The maximum Gasteiger partial charge on any atom is 0.256 e. The number of phenols is 1. The molecule has 0 unspecified atom stereocenters. The first-order chi connectivity index (χ1) is 13.0. The second-order valence-corrected chi connectivity index (χ2v) is 6.03. The highest BCUT2D eigenvalue weighted by atomic mass is 19.1. The van der Waals surface area contributed by atoms with Crippen LogP contribution in [0.5, 0.6) is 5.75 Å². The van der Waals surface area contributed by atoms with E-state index in [-0.39, 0.29) is 27.9 Å². The second kappa shape index (κ2) is 5.94. The second-order valence-electron chi connectivity index (χ2n) is 6.03. The van der Waals surface area contributed by atoms with Crippen LogP contribution in [0.4, 0.5) is 10.1 Å². The van der Waals surface area contributed by atoms with Crippen LogP contribution in [-0.2, 0) is 0 Å². The van der Waals surface area contributed by atoms with Gasteiger partial charge in [-0.2, -0.15) is 0 Å². The molecule has 0 aliphatic carbocycles. The van der Waals surface area contributed by atoms with Gasteiger partial charge in [-0.05, 0) is 30.3 Å². The first-order valence-corrected chi connectivity index (χ1v) is 8.16. The summed E-state index contributed by atoms with van der Waals surface area (Å²) in [4.78, 5) is 29.4. The van der Waals surface area contributed by atoms with Crippen LogP contribution >= 0.6 is 0 Å². The quantitative estimate of drug-likeness (QED) is 0.517. The van der Waals surface area contributed by atoms with Crippen molar-refractivity contribution in [1.29, 1.82) is 0 Å². The van der Waals surface area contributed by atoms with Crippen LogP contribution in [-0.4, -0.2) is 34.5 Å². The van der Waals surface area contributed by atoms with E-state index in [1.54, 1.807) is 23.6 Å². The monoisotopic (exact) mass is 366 g/mol. The number of rotatable bonds is 3. The van der Waals surface area contributed by atoms with E-state index in [1.165, 1.54) is 25.4 Å². The van der Waals surface area contributed by atoms with Gasteiger partial charge in [-0.3, -0.25) is 14.0 Å². The molecule has 0 radical (unpaired) electrons. The van der Waals surface area contributed by atoms with Crippen LogP contribution < -0.4 is 16.1 Å². The summed E-state index contributed by atoms with van der Waals surface area (Å²) >= 11 is 0. The maximum atomic E-state index is 14.6. The Kier molecular flexibility index (Phi) is 3.69. The van der Waals surface area contributed by atoms with Gasteiger partial charge in [-0.1, -0.05) is 0 Å². The molecule has 0 bridgehead atoms. The van der Waals surface area contributed by atoms with Gasteiger partial charge in [-0.25, -0.2) is 9.37 Å². The van der Waals surface area contributed by atoms with E-state index in [2.05, 4.69) is 15.6 Å². The van der Waals surface area contributed by atoms with Gasteiger partial charge >= 0.3 is 0 Å². The highest BCUT2D eigenvalue weighted by Crippen LogP contribution is 2.33. The van der Waals surface area contributed by atoms with E-state index in [4.69, 9.17) is 0 Å². The molecule has 2 heterocycles. The van der Waals surface area contributed by atoms with E-state index < -0.39 is 17.2 Å². The fourth-order valence-corrected chi connectivity index (χ4v) is 3.22. The van der Waals surface area contributed by atoms with Crippen LogP contribution in [0.25, 0.3) is 27.8 Å². The van der Waals surface area contributed by atoms with Gasteiger partial charge in [0.1, 0.15) is 28.5 Å². The molecule has 0 fully saturated rings. The van der Waals surface area contributed by atoms with Crippen molar-refractivity contribution in [2.75, 3.05) is 19.4 Å². The Morgan fingerprint density at radius 1 is 1.22 bits per heavy atom. The number of nitrogens with one attached hydrogen (secondary N) is 2. The molecule has 2 aromatic heterocycles. The lowest BCUT2D eigenvalue weighted by atomic mass is 10.1. The zero-order chi connectivity index (χ0) is 19.3. The third-order valence-corrected chi connectivity index (χ3v) is 4.51. The van der Waals surface area contributed by atoms with Crippen molar-refractivity contribution >= 4 is 28.0 Å². The Labute approximate surface area is 152 Å². The first-order valence-electron chi connectivity index (χ1n) is 8.16. The maximum absolute atomic E-state index is 14.6. The summed E-state index contributed by atoms with van der Waals surface area (Å²) < 4.78 is 16.2. The number of carbonyl (C=O) groups excluding carboxylic acids is 1. The molecule has 7 nitrogen and oxygen atoms in total. The van der Waals surface area contributed by atoms with Crippen molar-refractivity contribution in [1.82, 2.24) is 14.7 Å². The molecule has 0 aliphatic rings. The van der Waals surface area contributed by atoms with Crippen LogP contribution in [0, 0.1) is 5.82 Å². The minimum Gasteiger partial charge on any atom is -0.508 e. The predicted molar refractivity (Wildman–Crippen MR) is 100 cm³/mol. The van der Waals surface area contributed by atoms with E-state index in [0.29, 0.717) is 16.9 Å². The Morgan fingerprint density at radius 2 is 1.93 bits per heavy atom. The summed E-state index contributed by atoms with van der Waals surface area (Å²) in [6, 6.07) is 7.42. The van der Waals surface area contributed by atoms with Gasteiger partial charge in [0.15, 0.2) is 0 Å². The summed E-state index contributed by atoms with van der Waals surface area (Å²) in [6.45, 7) is 0. The third kappa shape index (κ3) is 2.37. The normalized spacial score (nSPS) is 11.2. The number of halogens is 1. The van der Waals surface area contributed by atoms with Crippen molar-refractivity contribution in [2.24, 2.45) is 0 Å². The van der Waals surface area contributed by atoms with Crippen molar-refractivity contribution in [3.63, 3.8) is 0 Å². The molecular formula is C19H15FN4O3. The minimum atomic E-state index is -0.631. The van der Waals surface area contributed by atoms with Crippen LogP contribution in [0.1, 0.15) is 10.4 Å². The number of pyridine rings is 1. The van der Waals surface area contributed by atoms with Crippen molar-refractivity contribution in [3.05, 3.63) is 58.1 Å². The Bertz CT molecular complexity index is 1250. The summed E-state index contributed by atoms with van der Waals surface area (Å²) in [6.07, 6.45) is 1.41. The Morgan fingerprint density at radius 3 is 2.56 bits per heavy atom. The summed E-state index contributed by atoms with van der Waals surface area (Å²) in [5.41, 5.74) is 0.834. The molecule has 0 saturated carbocycles. The Balaban J connectivity index is 2.20. The predicted octanol–water partition coefficient (Wildman–Crippen LogP) is 2.20. The molecule has 136 valence electrons. The van der Waals surface area contributed by atoms with Crippen molar-refractivity contribution < 1.29 is 14.3 Å². The van der Waals surface area contributed by atoms with E-state index >= 15 is 0 Å². The number of aromatic hydroxyl groups is 1. The molecule has 2 aromatic carbocycles. The molecule has 0 atom stereocenters. The molecule has 4 aromatic rings. The average molecular weight is 366 g/mol. The molecule has 8 heteroatoms. The van der Waals surface area contributed by atoms with Gasteiger partial charge in [0.05, 0.1) is 16.6 Å². The highest BCUT2D eigenvalue weighted by Gasteiger charge is 2.23. The first kappa shape index (κ1) is 16.8. The summed E-state index contributed by atoms with van der Waals surface area (Å²) in [5, 5.41) is 14.8. The summed E-state index contributed by atoms with van der Waals surface area (Å²) in [7, 11) is 2.98. The molecule has 0 saturated heterocycles. The zero-order valence-electron chi connectivity index (χ0n) is 14.5. The lowest BCUT2D eigenvalue weighted by Gasteiger charge is -2.08. The molecular weight excluding hydrogens is 351 g/mol. The standard InChI is InChI=1S/C19H15FN4O3/c1-21-14-13(20)7-11-16-15(14)23-18(9-3-5-10(25)6-4-9)24(16)8-12(17(11)26)19(27)22-2/h3-8,21,25H,1-2H3,(H,22,27). The topological polar surface area (TPSA) is 95.7 Å². The van der Waals surface area contributed by atoms with E-state index in [1.807, 2.05) is 0 Å². The van der Waals surface area contributed by atoms with E-state index in [9.17, 15) is 19.1 Å². The lowest BCUT2D eigenvalue weighted by Crippen LogP contribution is -2.26. The van der Waals surface area contributed by atoms with Crippen molar-refractivity contribution in [3.8, 4) is 17.1 Å². The number of nitrogens with zero attached hydrogens (tertiary/aromatic N) is 2. The lowest BCUT2D eigenvalue weighted by molar-refractivity contribution is 0.0961. The number of hydrogen-bond donors (Lipinski definition) is 3. The van der Waals surface area contributed by atoms with Crippen LogP contribution in [0.3, 0.4) is 0 Å². The zero-order valence-corrected chi connectivity index (χ0v) is 14.5. The summed E-state index contributed by atoms with van der Waals surface area (Å²) in [5.74, 6) is -0.689. The number of benzene rings is 2. The fourth-order valence-electron chi connectivity index (χ4n) is 3.22. The number of phenolic OH excluding ortho intramolecular Hbond substituents is 1. The van der Waals surface area contributed by atoms with Gasteiger partial charge in [-0.15, -0.1) is 0 Å². The number of imidazole rings is 1. The highest BCUT2D eigenvalue weighted by molar-refractivity contribution is 6.05. The van der Waals surface area contributed by atoms with Gasteiger partial charge in [0, 0.05) is 25.9 Å². The number of amides is 1. The van der Waals surface area contributed by atoms with E-state index in [0.717, 1.165) is 6.07 Å². The largest absolute Gasteiger partial charge is 0.508 e. The average Bonchev–Trinajstić information content (AvgIpc) is 3.04. The molecule has 3 N–H and O–H groups in total. The molecule has 0 spiro atoms. The minimum absolute atomic E-state index is 0.0696. The molecule has 4 rings (SSSR count). The molecule has 0 aliphatic heterocycles. The third-order valence-electron chi connectivity index (χ3n) is 4.51. The number of hydrogen-bond acceptors (Lipinski definition) is 5. The Hall–Kier alpha value is -3.68. The van der Waals surface area contributed by atoms with Gasteiger partial charge in [0.2, 0.25) is 5.43 Å². The van der Waals surface area contributed by atoms with Crippen LogP contribution in [0.2, 0.25) is 0 Å². The van der Waals surface area contributed by atoms with Crippen LogP contribution in [0.15, 0.2) is 41.3 Å². The van der Waals surface area contributed by atoms with Gasteiger partial charge in [0.25, 0.3) is 5.91 Å². The molecule has 27 heavy (non-hydrogen) atoms. The molecule has 1 amide bonds. The SMILES string of the molecule is CNC(=O)c1cn2c(-c3ccc(O)cc3)nc3c(NC)c(F)cc(c1=O)c32.